The van der Waals surface area contributed by atoms with Crippen molar-refractivity contribution in [3.8, 4) is 0 Å². The van der Waals surface area contributed by atoms with E-state index < -0.39 is 0 Å². The lowest BCUT2D eigenvalue weighted by molar-refractivity contribution is -0.00532. The average Bonchev–Trinajstić information content (AvgIpc) is 2.27. The van der Waals surface area contributed by atoms with E-state index in [0.717, 1.165) is 18.8 Å². The Hall–Kier alpha value is -1.13. The summed E-state index contributed by atoms with van der Waals surface area (Å²) in [6.07, 6.45) is 0.297. The molecule has 0 radical (unpaired) electrons. The molecule has 0 amide bonds. The van der Waals surface area contributed by atoms with Crippen molar-refractivity contribution in [2.75, 3.05) is 18.0 Å². The monoisotopic (exact) mass is 239 g/mol. The summed E-state index contributed by atoms with van der Waals surface area (Å²) in [5, 5.41) is 9.28. The topological polar surface area (TPSA) is 32.7 Å². The Kier molecular flexibility index (Phi) is 3.64. The Morgan fingerprint density at radius 2 is 2.00 bits per heavy atom. The van der Waals surface area contributed by atoms with E-state index >= 15 is 0 Å². The zero-order chi connectivity index (χ0) is 12.4. The van der Waals surface area contributed by atoms with Gasteiger partial charge in [-0.1, -0.05) is 0 Å². The third-order valence-corrected chi connectivity index (χ3v) is 2.97. The van der Waals surface area contributed by atoms with E-state index in [2.05, 4.69) is 4.90 Å². The van der Waals surface area contributed by atoms with E-state index in [1.165, 1.54) is 12.1 Å². The zero-order valence-corrected chi connectivity index (χ0v) is 10.2. The molecular weight excluding hydrogens is 221 g/mol. The fraction of sp³-hybridized carbons (Fsp3) is 0.538. The number of hydrogen-bond donors (Lipinski definition) is 1. The van der Waals surface area contributed by atoms with E-state index in [-0.39, 0.29) is 24.6 Å². The maximum Gasteiger partial charge on any atom is 0.123 e. The molecule has 1 aliphatic heterocycles. The van der Waals surface area contributed by atoms with Crippen LogP contribution in [0.5, 0.6) is 0 Å². The summed E-state index contributed by atoms with van der Waals surface area (Å²) >= 11 is 0. The van der Waals surface area contributed by atoms with Gasteiger partial charge in [0.1, 0.15) is 5.82 Å². The van der Waals surface area contributed by atoms with Crippen LogP contribution in [-0.4, -0.2) is 30.4 Å². The molecule has 1 heterocycles. The molecule has 1 aromatic rings. The van der Waals surface area contributed by atoms with Crippen LogP contribution in [-0.2, 0) is 11.3 Å². The first-order valence-electron chi connectivity index (χ1n) is 5.90. The minimum absolute atomic E-state index is 0.146. The van der Waals surface area contributed by atoms with Crippen LogP contribution in [0.2, 0.25) is 0 Å². The van der Waals surface area contributed by atoms with Crippen molar-refractivity contribution in [2.45, 2.75) is 32.7 Å². The second kappa shape index (κ2) is 5.02. The first-order chi connectivity index (χ1) is 8.10. The average molecular weight is 239 g/mol. The Morgan fingerprint density at radius 1 is 1.35 bits per heavy atom. The van der Waals surface area contributed by atoms with Crippen molar-refractivity contribution in [1.82, 2.24) is 0 Å². The summed E-state index contributed by atoms with van der Waals surface area (Å²) in [5.74, 6) is -0.313. The molecule has 2 atom stereocenters. The van der Waals surface area contributed by atoms with Gasteiger partial charge in [-0.15, -0.1) is 0 Å². The van der Waals surface area contributed by atoms with Crippen molar-refractivity contribution in [3.63, 3.8) is 0 Å². The first-order valence-corrected chi connectivity index (χ1v) is 5.90. The largest absolute Gasteiger partial charge is 0.392 e. The molecule has 0 aromatic heterocycles. The number of morpholine rings is 1. The van der Waals surface area contributed by atoms with Gasteiger partial charge in [-0.2, -0.15) is 0 Å². The van der Waals surface area contributed by atoms with Crippen LogP contribution in [0.15, 0.2) is 18.2 Å². The number of aliphatic hydroxyl groups excluding tert-OH is 1. The highest BCUT2D eigenvalue weighted by molar-refractivity contribution is 5.54. The van der Waals surface area contributed by atoms with Crippen LogP contribution < -0.4 is 4.90 Å². The summed E-state index contributed by atoms with van der Waals surface area (Å²) in [5.41, 5.74) is 1.53. The Morgan fingerprint density at radius 3 is 2.59 bits per heavy atom. The third kappa shape index (κ3) is 2.76. The quantitative estimate of drug-likeness (QED) is 0.856. The SMILES string of the molecule is CC1CN(c2ccc(F)cc2CO)CC(C)O1. The predicted molar refractivity (Wildman–Crippen MR) is 64.5 cm³/mol. The summed E-state index contributed by atoms with van der Waals surface area (Å²) < 4.78 is 18.8. The van der Waals surface area contributed by atoms with Gasteiger partial charge in [0.2, 0.25) is 0 Å². The minimum atomic E-state index is -0.313. The third-order valence-electron chi connectivity index (χ3n) is 2.97. The van der Waals surface area contributed by atoms with Gasteiger partial charge in [0, 0.05) is 24.3 Å². The van der Waals surface area contributed by atoms with Crippen molar-refractivity contribution in [1.29, 1.82) is 0 Å². The summed E-state index contributed by atoms with van der Waals surface area (Å²) in [4.78, 5) is 2.14. The second-order valence-corrected chi connectivity index (χ2v) is 4.59. The molecule has 17 heavy (non-hydrogen) atoms. The maximum atomic E-state index is 13.1. The summed E-state index contributed by atoms with van der Waals surface area (Å²) in [6, 6.07) is 4.55. The molecule has 1 aliphatic rings. The highest BCUT2D eigenvalue weighted by Gasteiger charge is 2.23. The van der Waals surface area contributed by atoms with Crippen LogP contribution >= 0.6 is 0 Å². The molecule has 0 bridgehead atoms. The van der Waals surface area contributed by atoms with Crippen molar-refractivity contribution in [3.05, 3.63) is 29.6 Å². The van der Waals surface area contributed by atoms with Crippen LogP contribution in [0.3, 0.4) is 0 Å². The number of halogens is 1. The van der Waals surface area contributed by atoms with Crippen LogP contribution in [0.4, 0.5) is 10.1 Å². The van der Waals surface area contributed by atoms with Gasteiger partial charge in [-0.25, -0.2) is 4.39 Å². The number of aliphatic hydroxyl groups is 1. The van der Waals surface area contributed by atoms with Crippen molar-refractivity contribution >= 4 is 5.69 Å². The summed E-state index contributed by atoms with van der Waals surface area (Å²) in [7, 11) is 0. The van der Waals surface area contributed by atoms with Crippen LogP contribution in [0.25, 0.3) is 0 Å². The molecule has 0 spiro atoms. The lowest BCUT2D eigenvalue weighted by Crippen LogP contribution is -2.45. The Bertz CT molecular complexity index is 387. The van der Waals surface area contributed by atoms with E-state index in [1.54, 1.807) is 6.07 Å². The molecule has 1 aromatic carbocycles. The van der Waals surface area contributed by atoms with Gasteiger partial charge < -0.3 is 14.7 Å². The van der Waals surface area contributed by atoms with Gasteiger partial charge in [0.25, 0.3) is 0 Å². The van der Waals surface area contributed by atoms with E-state index in [9.17, 15) is 9.50 Å². The summed E-state index contributed by atoms with van der Waals surface area (Å²) in [6.45, 7) is 5.43. The molecule has 0 saturated carbocycles. The molecule has 1 fully saturated rings. The van der Waals surface area contributed by atoms with Crippen molar-refractivity contribution < 1.29 is 14.2 Å². The normalized spacial score (nSPS) is 25.1. The van der Waals surface area contributed by atoms with Gasteiger partial charge >= 0.3 is 0 Å². The lowest BCUT2D eigenvalue weighted by Gasteiger charge is -2.37. The van der Waals surface area contributed by atoms with Crippen LogP contribution in [0.1, 0.15) is 19.4 Å². The maximum absolute atomic E-state index is 13.1. The van der Waals surface area contributed by atoms with E-state index in [0.29, 0.717) is 5.56 Å². The number of ether oxygens (including phenoxy) is 1. The molecule has 1 N–H and O–H groups in total. The Labute approximate surface area is 101 Å². The number of hydrogen-bond acceptors (Lipinski definition) is 3. The molecule has 94 valence electrons. The molecular formula is C13H18FNO2. The number of nitrogens with zero attached hydrogens (tertiary/aromatic N) is 1. The Balaban J connectivity index is 2.26. The fourth-order valence-electron chi connectivity index (χ4n) is 2.36. The van der Waals surface area contributed by atoms with Gasteiger partial charge in [0.15, 0.2) is 0 Å². The number of benzene rings is 1. The molecule has 2 rings (SSSR count). The van der Waals surface area contributed by atoms with Gasteiger partial charge in [-0.05, 0) is 32.0 Å². The molecule has 1 saturated heterocycles. The van der Waals surface area contributed by atoms with Gasteiger partial charge in [-0.3, -0.25) is 0 Å². The standard InChI is InChI=1S/C13H18FNO2/c1-9-6-15(7-10(2)17-9)13-4-3-12(14)5-11(13)8-16/h3-5,9-10,16H,6-8H2,1-2H3. The second-order valence-electron chi connectivity index (χ2n) is 4.59. The lowest BCUT2D eigenvalue weighted by atomic mass is 10.1. The fourth-order valence-corrected chi connectivity index (χ4v) is 2.36. The molecule has 3 nitrogen and oxygen atoms in total. The minimum Gasteiger partial charge on any atom is -0.392 e. The number of anilines is 1. The highest BCUT2D eigenvalue weighted by Crippen LogP contribution is 2.25. The molecule has 0 aliphatic carbocycles. The van der Waals surface area contributed by atoms with E-state index in [1.807, 2.05) is 13.8 Å². The first kappa shape index (κ1) is 12.3. The van der Waals surface area contributed by atoms with Crippen LogP contribution in [0, 0.1) is 5.82 Å². The molecule has 2 unspecified atom stereocenters. The van der Waals surface area contributed by atoms with Gasteiger partial charge in [0.05, 0.1) is 18.8 Å². The van der Waals surface area contributed by atoms with Crippen molar-refractivity contribution in [2.24, 2.45) is 0 Å². The highest BCUT2D eigenvalue weighted by atomic mass is 19.1. The van der Waals surface area contributed by atoms with E-state index in [4.69, 9.17) is 4.74 Å². The predicted octanol–water partition coefficient (Wildman–Crippen LogP) is 1.93. The smallest absolute Gasteiger partial charge is 0.123 e. The molecule has 4 heteroatoms. The zero-order valence-electron chi connectivity index (χ0n) is 10.2. The number of rotatable bonds is 2.